The van der Waals surface area contributed by atoms with Crippen LogP contribution in [-0.2, 0) is 16.6 Å². The molecule has 21 heavy (non-hydrogen) atoms. The van der Waals surface area contributed by atoms with E-state index in [1.165, 1.54) is 0 Å². The second-order valence-electron chi connectivity index (χ2n) is 4.06. The van der Waals surface area contributed by atoms with Crippen LogP contribution in [0, 0.1) is 0 Å². The third kappa shape index (κ3) is 5.05. The van der Waals surface area contributed by atoms with Crippen LogP contribution in [0.2, 0.25) is 5.02 Å². The molecule has 0 saturated heterocycles. The van der Waals surface area contributed by atoms with E-state index in [2.05, 4.69) is 20.2 Å². The summed E-state index contributed by atoms with van der Waals surface area (Å²) in [5.74, 6) is -0.430. The van der Waals surface area contributed by atoms with Gasteiger partial charge in [-0.1, -0.05) is 29.0 Å². The van der Waals surface area contributed by atoms with Gasteiger partial charge in [0.1, 0.15) is 5.01 Å². The van der Waals surface area contributed by atoms with Crippen LogP contribution in [0.5, 0.6) is 0 Å². The molecule has 0 saturated carbocycles. The van der Waals surface area contributed by atoms with Gasteiger partial charge in [-0.3, -0.25) is 4.79 Å². The van der Waals surface area contributed by atoms with Crippen molar-refractivity contribution in [2.24, 2.45) is 0 Å². The third-order valence-corrected chi connectivity index (χ3v) is 4.05. The molecule has 1 aromatic heterocycles. The van der Waals surface area contributed by atoms with Gasteiger partial charge in [-0.2, -0.15) is 0 Å². The molecule has 2 aromatic rings. The Balaban J connectivity index is 2.02. The van der Waals surface area contributed by atoms with E-state index in [-0.39, 0.29) is 11.6 Å². The van der Waals surface area contributed by atoms with Crippen molar-refractivity contribution in [2.75, 3.05) is 11.6 Å². The Kier molecular flexibility index (Phi) is 4.88. The van der Waals surface area contributed by atoms with Gasteiger partial charge in [0.15, 0.2) is 0 Å². The molecule has 0 aliphatic rings. The van der Waals surface area contributed by atoms with Crippen LogP contribution in [-0.4, -0.2) is 30.8 Å². The van der Waals surface area contributed by atoms with Gasteiger partial charge in [0.25, 0.3) is 5.91 Å². The van der Waals surface area contributed by atoms with E-state index < -0.39 is 15.9 Å². The standard InChI is InChI=1S/C11H11ClN4O3S2/c1-21(18,19)13-6-9-15-16-11(20-9)10(17)14-8-4-2-3-7(12)5-8/h2-5,13H,6H2,1H3,(H,14,17). The van der Waals surface area contributed by atoms with Gasteiger partial charge in [-0.15, -0.1) is 10.2 Å². The fraction of sp³-hybridized carbons (Fsp3) is 0.182. The summed E-state index contributed by atoms with van der Waals surface area (Å²) in [5, 5.41) is 11.2. The van der Waals surface area contributed by atoms with Gasteiger partial charge in [0.2, 0.25) is 15.0 Å². The molecule has 2 N–H and O–H groups in total. The minimum absolute atomic E-state index is 0.000938. The highest BCUT2D eigenvalue weighted by atomic mass is 35.5. The molecule has 1 aromatic carbocycles. The fourth-order valence-corrected chi connectivity index (χ4v) is 2.72. The Morgan fingerprint density at radius 2 is 2.14 bits per heavy atom. The Morgan fingerprint density at radius 1 is 1.38 bits per heavy atom. The molecule has 0 bridgehead atoms. The Morgan fingerprint density at radius 3 is 2.81 bits per heavy atom. The molecule has 10 heteroatoms. The SMILES string of the molecule is CS(=O)(=O)NCc1nnc(C(=O)Nc2cccc(Cl)c2)s1. The summed E-state index contributed by atoms with van der Waals surface area (Å²) in [4.78, 5) is 12.0. The molecule has 0 atom stereocenters. The van der Waals surface area contributed by atoms with Crippen LogP contribution < -0.4 is 10.0 Å². The molecule has 0 fully saturated rings. The van der Waals surface area contributed by atoms with Crippen molar-refractivity contribution in [1.29, 1.82) is 0 Å². The summed E-state index contributed by atoms with van der Waals surface area (Å²) in [5.41, 5.74) is 0.540. The summed E-state index contributed by atoms with van der Waals surface area (Å²) in [6, 6.07) is 6.69. The zero-order chi connectivity index (χ0) is 15.5. The van der Waals surface area contributed by atoms with Crippen LogP contribution in [0.1, 0.15) is 14.8 Å². The molecule has 1 heterocycles. The summed E-state index contributed by atoms with van der Waals surface area (Å²) in [6.07, 6.45) is 1.04. The van der Waals surface area contributed by atoms with Crippen molar-refractivity contribution in [1.82, 2.24) is 14.9 Å². The normalized spacial score (nSPS) is 11.3. The second-order valence-corrected chi connectivity index (χ2v) is 7.39. The highest BCUT2D eigenvalue weighted by molar-refractivity contribution is 7.88. The number of hydrogen-bond acceptors (Lipinski definition) is 6. The lowest BCUT2D eigenvalue weighted by atomic mass is 10.3. The smallest absolute Gasteiger partial charge is 0.286 e. The Hall–Kier alpha value is -1.55. The second kappa shape index (κ2) is 6.48. The van der Waals surface area contributed by atoms with Crippen molar-refractivity contribution in [2.45, 2.75) is 6.54 Å². The lowest BCUT2D eigenvalue weighted by Gasteiger charge is -2.02. The largest absolute Gasteiger partial charge is 0.320 e. The van der Waals surface area contributed by atoms with E-state index in [1.807, 2.05) is 0 Å². The summed E-state index contributed by atoms with van der Waals surface area (Å²) in [6.45, 7) is 0.000938. The van der Waals surface area contributed by atoms with Crippen LogP contribution >= 0.6 is 22.9 Å². The quantitative estimate of drug-likeness (QED) is 0.854. The maximum atomic E-state index is 12.0. The molecule has 0 aliphatic heterocycles. The Labute approximate surface area is 130 Å². The number of aromatic nitrogens is 2. The van der Waals surface area contributed by atoms with Crippen molar-refractivity contribution in [3.05, 3.63) is 39.3 Å². The number of hydrogen-bond donors (Lipinski definition) is 2. The molecule has 1 amide bonds. The number of anilines is 1. The summed E-state index contributed by atoms with van der Waals surface area (Å²) in [7, 11) is -3.31. The van der Waals surface area contributed by atoms with Gasteiger partial charge in [0, 0.05) is 10.7 Å². The Bertz CT molecular complexity index is 760. The van der Waals surface area contributed by atoms with Crippen LogP contribution in [0.15, 0.2) is 24.3 Å². The molecule has 7 nitrogen and oxygen atoms in total. The number of halogens is 1. The van der Waals surface area contributed by atoms with Gasteiger partial charge in [0.05, 0.1) is 12.8 Å². The summed E-state index contributed by atoms with van der Waals surface area (Å²) >= 11 is 6.83. The minimum atomic E-state index is -3.31. The molecule has 0 unspecified atom stereocenters. The van der Waals surface area contributed by atoms with Gasteiger partial charge >= 0.3 is 0 Å². The number of sulfonamides is 1. The van der Waals surface area contributed by atoms with Crippen LogP contribution in [0.25, 0.3) is 0 Å². The van der Waals surface area contributed by atoms with Crippen molar-refractivity contribution < 1.29 is 13.2 Å². The van der Waals surface area contributed by atoms with E-state index in [9.17, 15) is 13.2 Å². The maximum absolute atomic E-state index is 12.0. The first-order valence-corrected chi connectivity index (χ1v) is 8.76. The highest BCUT2D eigenvalue weighted by Crippen LogP contribution is 2.17. The number of benzene rings is 1. The average molecular weight is 347 g/mol. The zero-order valence-corrected chi connectivity index (χ0v) is 13.2. The van der Waals surface area contributed by atoms with Crippen molar-refractivity contribution >= 4 is 44.6 Å². The molecule has 0 spiro atoms. The van der Waals surface area contributed by atoms with E-state index in [0.717, 1.165) is 17.6 Å². The molecule has 0 radical (unpaired) electrons. The van der Waals surface area contributed by atoms with Crippen LogP contribution in [0.4, 0.5) is 5.69 Å². The topological polar surface area (TPSA) is 101 Å². The van der Waals surface area contributed by atoms with E-state index in [4.69, 9.17) is 11.6 Å². The van der Waals surface area contributed by atoms with E-state index >= 15 is 0 Å². The van der Waals surface area contributed by atoms with E-state index in [1.54, 1.807) is 24.3 Å². The molecule has 0 aliphatic carbocycles. The lowest BCUT2D eigenvalue weighted by molar-refractivity contribution is 0.102. The zero-order valence-electron chi connectivity index (χ0n) is 10.8. The van der Waals surface area contributed by atoms with Gasteiger partial charge in [-0.05, 0) is 18.2 Å². The number of carbonyl (C=O) groups excluding carboxylic acids is 1. The van der Waals surface area contributed by atoms with Crippen LogP contribution in [0.3, 0.4) is 0 Å². The third-order valence-electron chi connectivity index (χ3n) is 2.23. The molecule has 112 valence electrons. The maximum Gasteiger partial charge on any atom is 0.286 e. The molecule has 2 rings (SSSR count). The van der Waals surface area contributed by atoms with Gasteiger partial charge in [-0.25, -0.2) is 13.1 Å². The number of carbonyl (C=O) groups is 1. The number of amides is 1. The van der Waals surface area contributed by atoms with Crippen molar-refractivity contribution in [3.63, 3.8) is 0 Å². The van der Waals surface area contributed by atoms with Crippen molar-refractivity contribution in [3.8, 4) is 0 Å². The highest BCUT2D eigenvalue weighted by Gasteiger charge is 2.14. The fourth-order valence-electron chi connectivity index (χ4n) is 1.36. The van der Waals surface area contributed by atoms with Gasteiger partial charge < -0.3 is 5.32 Å². The first-order valence-electron chi connectivity index (χ1n) is 5.67. The average Bonchev–Trinajstić information content (AvgIpc) is 2.84. The first kappa shape index (κ1) is 15.8. The monoisotopic (exact) mass is 346 g/mol. The molecular weight excluding hydrogens is 336 g/mol. The minimum Gasteiger partial charge on any atom is -0.320 e. The van der Waals surface area contributed by atoms with E-state index in [0.29, 0.717) is 15.7 Å². The summed E-state index contributed by atoms with van der Waals surface area (Å²) < 4.78 is 24.2. The number of nitrogens with one attached hydrogen (secondary N) is 2. The predicted molar refractivity (Wildman–Crippen MR) is 81.0 cm³/mol. The lowest BCUT2D eigenvalue weighted by Crippen LogP contribution is -2.21. The number of rotatable bonds is 5. The predicted octanol–water partition coefficient (Wildman–Crippen LogP) is 1.49. The number of nitrogens with zero attached hydrogens (tertiary/aromatic N) is 2. The first-order chi connectivity index (χ1) is 9.83. The molecular formula is C11H11ClN4O3S2.